The van der Waals surface area contributed by atoms with E-state index in [4.69, 9.17) is 5.73 Å². The highest BCUT2D eigenvalue weighted by Gasteiger charge is 2.41. The molecule has 0 saturated carbocycles. The number of nitrogens with two attached hydrogens (primary N) is 1. The molecule has 0 bridgehead atoms. The van der Waals surface area contributed by atoms with Crippen LogP contribution in [-0.2, 0) is 16.0 Å². The summed E-state index contributed by atoms with van der Waals surface area (Å²) in [6.45, 7) is 2.34. The Labute approximate surface area is 185 Å². The van der Waals surface area contributed by atoms with Crippen LogP contribution in [0.15, 0.2) is 54.6 Å². The van der Waals surface area contributed by atoms with E-state index in [1.54, 1.807) is 18.2 Å². The zero-order chi connectivity index (χ0) is 23.5. The second-order valence-electron chi connectivity index (χ2n) is 8.13. The van der Waals surface area contributed by atoms with Crippen LogP contribution in [0.3, 0.4) is 0 Å². The third kappa shape index (κ3) is 5.59. The van der Waals surface area contributed by atoms with Crippen LogP contribution in [0.1, 0.15) is 19.4 Å². The maximum absolute atomic E-state index is 13.3. The number of alkyl halides is 3. The number of halogens is 3. The summed E-state index contributed by atoms with van der Waals surface area (Å²) in [5, 5.41) is 2.60. The quantitative estimate of drug-likeness (QED) is 0.713. The van der Waals surface area contributed by atoms with Crippen molar-refractivity contribution in [3.05, 3.63) is 60.2 Å². The standard InChI is InChI=1S/C23H27F3N4O2/c1-15(2)29-13-18(28-21(31)17(27)12-16-8-4-3-5-9-16)22(32)30(14-23(24,25)26)20-11-7-6-10-19(20)29/h3-11,15,17-18H,12-14,27H2,1-2H3,(H,28,31)/t17-,18?/m1/s1. The van der Waals surface area contributed by atoms with E-state index in [1.165, 1.54) is 6.07 Å². The number of fused-ring (bicyclic) bond motifs is 1. The number of carbonyl (C=O) groups is 2. The van der Waals surface area contributed by atoms with Gasteiger partial charge in [-0.15, -0.1) is 0 Å². The van der Waals surface area contributed by atoms with Crippen LogP contribution in [0.25, 0.3) is 0 Å². The van der Waals surface area contributed by atoms with Gasteiger partial charge in [-0.1, -0.05) is 42.5 Å². The van der Waals surface area contributed by atoms with Crippen molar-refractivity contribution in [2.24, 2.45) is 5.73 Å². The fraction of sp³-hybridized carbons (Fsp3) is 0.391. The van der Waals surface area contributed by atoms with Gasteiger partial charge in [-0.05, 0) is 38.0 Å². The van der Waals surface area contributed by atoms with Crippen LogP contribution in [0.2, 0.25) is 0 Å². The van der Waals surface area contributed by atoms with Crippen LogP contribution in [0.4, 0.5) is 24.5 Å². The molecule has 3 N–H and O–H groups in total. The summed E-state index contributed by atoms with van der Waals surface area (Å²) in [5.74, 6) is -1.41. The summed E-state index contributed by atoms with van der Waals surface area (Å²) in [7, 11) is 0. The second-order valence-corrected chi connectivity index (χ2v) is 8.13. The van der Waals surface area contributed by atoms with E-state index in [9.17, 15) is 22.8 Å². The Bertz CT molecular complexity index is 950. The number of rotatable bonds is 6. The van der Waals surface area contributed by atoms with E-state index < -0.39 is 36.6 Å². The summed E-state index contributed by atoms with van der Waals surface area (Å²) >= 11 is 0. The summed E-state index contributed by atoms with van der Waals surface area (Å²) < 4.78 is 40.0. The average molecular weight is 448 g/mol. The highest BCUT2D eigenvalue weighted by molar-refractivity contribution is 6.03. The summed E-state index contributed by atoms with van der Waals surface area (Å²) in [5.41, 5.74) is 7.55. The van der Waals surface area contributed by atoms with E-state index in [1.807, 2.05) is 49.1 Å². The van der Waals surface area contributed by atoms with Crippen molar-refractivity contribution < 1.29 is 22.8 Å². The molecule has 0 aliphatic carbocycles. The first kappa shape index (κ1) is 23.6. The fourth-order valence-electron chi connectivity index (χ4n) is 3.79. The molecule has 2 amide bonds. The van der Waals surface area contributed by atoms with Crippen LogP contribution < -0.4 is 20.9 Å². The molecule has 6 nitrogen and oxygen atoms in total. The molecule has 2 aromatic carbocycles. The maximum atomic E-state index is 13.3. The first-order valence-electron chi connectivity index (χ1n) is 10.4. The Morgan fingerprint density at radius 1 is 1.09 bits per heavy atom. The predicted molar refractivity (Wildman–Crippen MR) is 117 cm³/mol. The summed E-state index contributed by atoms with van der Waals surface area (Å²) in [6, 6.07) is 13.3. The summed E-state index contributed by atoms with van der Waals surface area (Å²) in [6.07, 6.45) is -4.36. The minimum Gasteiger partial charge on any atom is -0.365 e. The van der Waals surface area contributed by atoms with Crippen molar-refractivity contribution in [3.8, 4) is 0 Å². The minimum absolute atomic E-state index is 0.0334. The number of para-hydroxylation sites is 2. The molecule has 1 heterocycles. The molecule has 1 aliphatic heterocycles. The molecule has 1 unspecified atom stereocenters. The molecule has 0 aromatic heterocycles. The van der Waals surface area contributed by atoms with Gasteiger partial charge in [0.2, 0.25) is 5.91 Å². The Hall–Kier alpha value is -3.07. The van der Waals surface area contributed by atoms with Gasteiger partial charge >= 0.3 is 6.18 Å². The van der Waals surface area contributed by atoms with Gasteiger partial charge in [0.25, 0.3) is 5.91 Å². The predicted octanol–water partition coefficient (Wildman–Crippen LogP) is 2.87. The Kier molecular flexibility index (Phi) is 7.08. The fourth-order valence-corrected chi connectivity index (χ4v) is 3.79. The van der Waals surface area contributed by atoms with E-state index in [0.717, 1.165) is 5.56 Å². The molecule has 2 aromatic rings. The lowest BCUT2D eigenvalue weighted by Gasteiger charge is -2.30. The molecule has 3 rings (SSSR count). The smallest absolute Gasteiger partial charge is 0.365 e. The van der Waals surface area contributed by atoms with Crippen molar-refractivity contribution in [3.63, 3.8) is 0 Å². The largest absolute Gasteiger partial charge is 0.406 e. The highest BCUT2D eigenvalue weighted by atomic mass is 19.4. The van der Waals surface area contributed by atoms with Gasteiger partial charge in [0.15, 0.2) is 0 Å². The average Bonchev–Trinajstić information content (AvgIpc) is 2.84. The number of hydrogen-bond donors (Lipinski definition) is 2. The Balaban J connectivity index is 1.88. The first-order chi connectivity index (χ1) is 15.1. The van der Waals surface area contributed by atoms with Crippen LogP contribution >= 0.6 is 0 Å². The van der Waals surface area contributed by atoms with Gasteiger partial charge in [0.05, 0.1) is 17.4 Å². The minimum atomic E-state index is -4.60. The number of carbonyl (C=O) groups excluding carboxylic acids is 2. The number of benzene rings is 2. The van der Waals surface area contributed by atoms with Crippen molar-refractivity contribution in [1.82, 2.24) is 5.32 Å². The number of nitrogens with one attached hydrogen (secondary N) is 1. The maximum Gasteiger partial charge on any atom is 0.406 e. The topological polar surface area (TPSA) is 78.7 Å². The van der Waals surface area contributed by atoms with Crippen molar-refractivity contribution in [2.75, 3.05) is 22.9 Å². The molecule has 0 saturated heterocycles. The lowest BCUT2D eigenvalue weighted by molar-refractivity contribution is -0.135. The van der Waals surface area contributed by atoms with Gasteiger partial charge in [-0.2, -0.15) is 13.2 Å². The van der Waals surface area contributed by atoms with Crippen molar-refractivity contribution in [1.29, 1.82) is 0 Å². The lowest BCUT2D eigenvalue weighted by atomic mass is 10.1. The molecule has 0 spiro atoms. The SMILES string of the molecule is CC(C)N1CC(NC(=O)[C@H](N)Cc2ccccc2)C(=O)N(CC(F)(F)F)c2ccccc21. The number of hydrogen-bond acceptors (Lipinski definition) is 4. The lowest BCUT2D eigenvalue weighted by Crippen LogP contribution is -2.57. The van der Waals surface area contributed by atoms with E-state index in [-0.39, 0.29) is 24.7 Å². The van der Waals surface area contributed by atoms with Crippen molar-refractivity contribution >= 4 is 23.2 Å². The third-order valence-corrected chi connectivity index (χ3v) is 5.34. The third-order valence-electron chi connectivity index (χ3n) is 5.34. The van der Waals surface area contributed by atoms with Gasteiger partial charge in [0.1, 0.15) is 12.6 Å². The molecule has 0 fully saturated rings. The molecular formula is C23H27F3N4O2. The monoisotopic (exact) mass is 448 g/mol. The second kappa shape index (κ2) is 9.60. The molecule has 172 valence electrons. The van der Waals surface area contributed by atoms with E-state index >= 15 is 0 Å². The molecule has 2 atom stereocenters. The number of nitrogens with zero attached hydrogens (tertiary/aromatic N) is 2. The van der Waals surface area contributed by atoms with Crippen LogP contribution in [0, 0.1) is 0 Å². The van der Waals surface area contributed by atoms with E-state index in [2.05, 4.69) is 5.32 Å². The molecule has 32 heavy (non-hydrogen) atoms. The Morgan fingerprint density at radius 2 is 1.69 bits per heavy atom. The number of amides is 2. The highest BCUT2D eigenvalue weighted by Crippen LogP contribution is 2.35. The molecule has 0 radical (unpaired) electrons. The van der Waals surface area contributed by atoms with Crippen LogP contribution in [-0.4, -0.2) is 49.2 Å². The molecular weight excluding hydrogens is 421 g/mol. The van der Waals surface area contributed by atoms with Crippen molar-refractivity contribution in [2.45, 2.75) is 44.6 Å². The van der Waals surface area contributed by atoms with Gasteiger partial charge in [-0.3, -0.25) is 14.5 Å². The van der Waals surface area contributed by atoms with E-state index in [0.29, 0.717) is 10.6 Å². The zero-order valence-corrected chi connectivity index (χ0v) is 18.0. The molecule has 1 aliphatic rings. The molecule has 9 heteroatoms. The van der Waals surface area contributed by atoms with Crippen LogP contribution in [0.5, 0.6) is 0 Å². The van der Waals surface area contributed by atoms with Gasteiger partial charge in [0, 0.05) is 12.6 Å². The zero-order valence-electron chi connectivity index (χ0n) is 18.0. The van der Waals surface area contributed by atoms with Gasteiger partial charge < -0.3 is 16.0 Å². The summed E-state index contributed by atoms with van der Waals surface area (Å²) in [4.78, 5) is 28.5. The van der Waals surface area contributed by atoms with Gasteiger partial charge in [-0.25, -0.2) is 0 Å². The number of anilines is 2. The first-order valence-corrected chi connectivity index (χ1v) is 10.4. The Morgan fingerprint density at radius 3 is 2.28 bits per heavy atom. The normalized spacial score (nSPS) is 17.7.